The zero-order valence-corrected chi connectivity index (χ0v) is 19.8. The minimum absolute atomic E-state index is 0.0355. The van der Waals surface area contributed by atoms with Gasteiger partial charge in [0, 0.05) is 22.3 Å². The summed E-state index contributed by atoms with van der Waals surface area (Å²) in [5, 5.41) is 7.13. The van der Waals surface area contributed by atoms with Gasteiger partial charge in [0.15, 0.2) is 0 Å². The Kier molecular flexibility index (Phi) is 7.22. The van der Waals surface area contributed by atoms with Gasteiger partial charge in [-0.2, -0.15) is 4.98 Å². The van der Waals surface area contributed by atoms with Crippen molar-refractivity contribution < 1.29 is 14.1 Å². The number of carbonyl (C=O) groups excluding carboxylic acids is 1. The van der Waals surface area contributed by atoms with Crippen molar-refractivity contribution in [3.05, 3.63) is 58.9 Å². The summed E-state index contributed by atoms with van der Waals surface area (Å²) in [6.07, 6.45) is 1.94. The molecular weight excluding hydrogens is 472 g/mol. The summed E-state index contributed by atoms with van der Waals surface area (Å²) in [4.78, 5) is 19.5. The number of carbonyl (C=O) groups is 1. The first kappa shape index (κ1) is 22.5. The molecule has 8 heteroatoms. The number of aromatic nitrogens is 2. The lowest BCUT2D eigenvalue weighted by Crippen LogP contribution is -2.40. The molecule has 1 N–H and O–H groups in total. The highest BCUT2D eigenvalue weighted by Crippen LogP contribution is 2.23. The average Bonchev–Trinajstić information content (AvgIpc) is 3.24. The van der Waals surface area contributed by atoms with E-state index >= 15 is 0 Å². The molecule has 0 saturated carbocycles. The zero-order chi connectivity index (χ0) is 22.5. The van der Waals surface area contributed by atoms with Crippen LogP contribution in [0.4, 0.5) is 5.69 Å². The maximum Gasteiger partial charge on any atom is 0.241 e. The number of nitrogens with zero attached hydrogens (tertiary/aromatic N) is 3. The van der Waals surface area contributed by atoms with E-state index in [9.17, 15) is 4.79 Å². The number of halogens is 1. The highest BCUT2D eigenvalue weighted by Gasteiger charge is 2.27. The van der Waals surface area contributed by atoms with Crippen molar-refractivity contribution in [2.45, 2.75) is 39.3 Å². The Morgan fingerprint density at radius 2 is 1.97 bits per heavy atom. The minimum atomic E-state index is -0.0794. The molecule has 0 aliphatic carbocycles. The predicted molar refractivity (Wildman–Crippen MR) is 126 cm³/mol. The predicted octanol–water partition coefficient (Wildman–Crippen LogP) is 5.14. The van der Waals surface area contributed by atoms with Gasteiger partial charge in [-0.1, -0.05) is 21.1 Å². The van der Waals surface area contributed by atoms with Crippen LogP contribution in [0.5, 0.6) is 5.75 Å². The van der Waals surface area contributed by atoms with Crippen LogP contribution >= 0.6 is 15.9 Å². The zero-order valence-electron chi connectivity index (χ0n) is 18.3. The first-order valence-electron chi connectivity index (χ1n) is 10.8. The number of hydrogen-bond acceptors (Lipinski definition) is 6. The molecule has 1 saturated heterocycles. The molecule has 3 aromatic rings. The Balaban J connectivity index is 1.32. The van der Waals surface area contributed by atoms with Gasteiger partial charge in [0.25, 0.3) is 0 Å². The van der Waals surface area contributed by atoms with Crippen molar-refractivity contribution in [3.8, 4) is 17.1 Å². The van der Waals surface area contributed by atoms with Gasteiger partial charge >= 0.3 is 0 Å². The molecule has 1 unspecified atom stereocenters. The molecule has 2 aromatic carbocycles. The Bertz CT molecular complexity index is 1030. The van der Waals surface area contributed by atoms with E-state index in [1.54, 1.807) is 0 Å². The summed E-state index contributed by atoms with van der Waals surface area (Å²) in [7, 11) is 0. The van der Waals surface area contributed by atoms with Gasteiger partial charge in [0.1, 0.15) is 5.75 Å². The van der Waals surface area contributed by atoms with Crippen LogP contribution < -0.4 is 10.1 Å². The van der Waals surface area contributed by atoms with Crippen LogP contribution in [0, 0.1) is 5.92 Å². The number of ether oxygens (including phenoxy) is 1. The van der Waals surface area contributed by atoms with Gasteiger partial charge < -0.3 is 14.6 Å². The third-order valence-corrected chi connectivity index (χ3v) is 5.83. The second-order valence-electron chi connectivity index (χ2n) is 8.27. The molecule has 168 valence electrons. The summed E-state index contributed by atoms with van der Waals surface area (Å²) in [5.74, 6) is 1.88. The molecule has 7 nitrogen and oxygen atoms in total. The van der Waals surface area contributed by atoms with E-state index in [0.717, 1.165) is 40.9 Å². The first-order valence-corrected chi connectivity index (χ1v) is 11.6. The molecule has 0 spiro atoms. The second-order valence-corrected chi connectivity index (χ2v) is 9.19. The van der Waals surface area contributed by atoms with Gasteiger partial charge in [0.2, 0.25) is 17.6 Å². The highest BCUT2D eigenvalue weighted by atomic mass is 79.9. The van der Waals surface area contributed by atoms with Crippen LogP contribution in [0.2, 0.25) is 0 Å². The number of hydrogen-bond donors (Lipinski definition) is 1. The van der Waals surface area contributed by atoms with E-state index in [1.807, 2.05) is 62.4 Å². The molecule has 2 heterocycles. The quantitative estimate of drug-likeness (QED) is 0.485. The lowest BCUT2D eigenvalue weighted by molar-refractivity contribution is -0.121. The maximum absolute atomic E-state index is 12.8. The molecule has 1 fully saturated rings. The van der Waals surface area contributed by atoms with Crippen molar-refractivity contribution in [1.29, 1.82) is 0 Å². The van der Waals surface area contributed by atoms with Crippen LogP contribution in [-0.2, 0) is 11.3 Å². The molecular formula is C24H27BrN4O3. The van der Waals surface area contributed by atoms with Gasteiger partial charge in [-0.15, -0.1) is 0 Å². The van der Waals surface area contributed by atoms with Crippen molar-refractivity contribution in [1.82, 2.24) is 15.0 Å². The lowest BCUT2D eigenvalue weighted by Gasteiger charge is -2.30. The van der Waals surface area contributed by atoms with E-state index in [-0.39, 0.29) is 17.9 Å². The normalized spacial score (nSPS) is 16.8. The minimum Gasteiger partial charge on any atom is -0.491 e. The van der Waals surface area contributed by atoms with Gasteiger partial charge in [-0.25, -0.2) is 0 Å². The summed E-state index contributed by atoms with van der Waals surface area (Å²) in [6.45, 7) is 6.08. The standard InChI is InChI=1S/C24H27BrN4O3/c1-16(2)31-21-11-9-20(10-12-21)26-24(30)18-4-3-13-29(14-18)15-22-27-23(28-32-22)17-5-7-19(25)8-6-17/h5-12,16,18H,3-4,13-15H2,1-2H3,(H,26,30). The average molecular weight is 499 g/mol. The van der Waals surface area contributed by atoms with E-state index in [4.69, 9.17) is 9.26 Å². The fourth-order valence-electron chi connectivity index (χ4n) is 3.77. The van der Waals surface area contributed by atoms with Crippen molar-refractivity contribution >= 4 is 27.5 Å². The second kappa shape index (κ2) is 10.3. The van der Waals surface area contributed by atoms with Crippen molar-refractivity contribution in [2.24, 2.45) is 5.92 Å². The molecule has 1 amide bonds. The molecule has 1 atom stereocenters. The van der Waals surface area contributed by atoms with E-state index in [2.05, 4.69) is 36.3 Å². The Morgan fingerprint density at radius 1 is 1.22 bits per heavy atom. The Hall–Kier alpha value is -2.71. The Morgan fingerprint density at radius 3 is 2.69 bits per heavy atom. The number of likely N-dealkylation sites (tertiary alicyclic amines) is 1. The van der Waals surface area contributed by atoms with E-state index in [0.29, 0.717) is 24.8 Å². The first-order chi connectivity index (χ1) is 15.5. The van der Waals surface area contributed by atoms with Gasteiger partial charge in [-0.05, 0) is 81.8 Å². The molecule has 1 aliphatic rings. The Labute approximate surface area is 196 Å². The summed E-state index contributed by atoms with van der Waals surface area (Å²) in [6, 6.07) is 15.3. The summed E-state index contributed by atoms with van der Waals surface area (Å²) >= 11 is 3.43. The van der Waals surface area contributed by atoms with Crippen molar-refractivity contribution in [3.63, 3.8) is 0 Å². The third kappa shape index (κ3) is 5.95. The third-order valence-electron chi connectivity index (χ3n) is 5.30. The van der Waals surface area contributed by atoms with Crippen molar-refractivity contribution in [2.75, 3.05) is 18.4 Å². The van der Waals surface area contributed by atoms with Crippen LogP contribution in [-0.4, -0.2) is 40.1 Å². The van der Waals surface area contributed by atoms with E-state index in [1.165, 1.54) is 0 Å². The largest absolute Gasteiger partial charge is 0.491 e. The summed E-state index contributed by atoms with van der Waals surface area (Å²) in [5.41, 5.74) is 1.68. The number of nitrogens with one attached hydrogen (secondary N) is 1. The van der Waals surface area contributed by atoms with Gasteiger partial charge in [0.05, 0.1) is 18.6 Å². The number of piperidine rings is 1. The molecule has 0 bridgehead atoms. The number of anilines is 1. The van der Waals surface area contributed by atoms with E-state index < -0.39 is 0 Å². The number of amides is 1. The molecule has 32 heavy (non-hydrogen) atoms. The lowest BCUT2D eigenvalue weighted by atomic mass is 9.97. The smallest absolute Gasteiger partial charge is 0.241 e. The molecule has 0 radical (unpaired) electrons. The fourth-order valence-corrected chi connectivity index (χ4v) is 4.04. The maximum atomic E-state index is 12.8. The van der Waals surface area contributed by atoms with Gasteiger partial charge in [-0.3, -0.25) is 9.69 Å². The topological polar surface area (TPSA) is 80.5 Å². The SMILES string of the molecule is CC(C)Oc1ccc(NC(=O)C2CCCN(Cc3nc(-c4ccc(Br)cc4)no3)C2)cc1. The highest BCUT2D eigenvalue weighted by molar-refractivity contribution is 9.10. The molecule has 1 aliphatic heterocycles. The number of benzene rings is 2. The van der Waals surface area contributed by atoms with Crippen LogP contribution in [0.15, 0.2) is 57.5 Å². The number of rotatable bonds is 7. The molecule has 4 rings (SSSR count). The summed E-state index contributed by atoms with van der Waals surface area (Å²) < 4.78 is 12.1. The van der Waals surface area contributed by atoms with Crippen LogP contribution in [0.1, 0.15) is 32.6 Å². The molecule has 1 aromatic heterocycles. The monoisotopic (exact) mass is 498 g/mol. The van der Waals surface area contributed by atoms with Crippen LogP contribution in [0.25, 0.3) is 11.4 Å². The van der Waals surface area contributed by atoms with Crippen LogP contribution in [0.3, 0.4) is 0 Å². The fraction of sp³-hybridized carbons (Fsp3) is 0.375.